The topological polar surface area (TPSA) is 55.1 Å². The average molecular weight is 255 g/mol. The molecule has 0 aliphatic heterocycles. The highest BCUT2D eigenvalue weighted by atomic mass is 35.5. The average Bonchev–Trinajstić information content (AvgIpc) is 2.28. The zero-order valence-electron chi connectivity index (χ0n) is 10.5. The Morgan fingerprint density at radius 2 is 2.12 bits per heavy atom. The first-order chi connectivity index (χ1) is 7.91. The molecule has 0 saturated heterocycles. The van der Waals surface area contributed by atoms with E-state index in [1.807, 2.05) is 32.0 Å². The first-order valence-corrected chi connectivity index (χ1v) is 6.12. The normalized spacial score (nSPS) is 16.2. The van der Waals surface area contributed by atoms with Crippen LogP contribution >= 0.6 is 11.6 Å². The van der Waals surface area contributed by atoms with Gasteiger partial charge in [-0.2, -0.15) is 0 Å². The molecule has 0 spiro atoms. The summed E-state index contributed by atoms with van der Waals surface area (Å²) in [4.78, 5) is 11.7. The smallest absolute Gasteiger partial charge is 0.242 e. The summed E-state index contributed by atoms with van der Waals surface area (Å²) in [6.07, 6.45) is 0.910. The van der Waals surface area contributed by atoms with Crippen molar-refractivity contribution in [3.63, 3.8) is 0 Å². The lowest BCUT2D eigenvalue weighted by molar-refractivity contribution is -0.124. The summed E-state index contributed by atoms with van der Waals surface area (Å²) < 4.78 is 0. The maximum absolute atomic E-state index is 11.7. The van der Waals surface area contributed by atoms with Gasteiger partial charge in [-0.3, -0.25) is 10.1 Å². The summed E-state index contributed by atoms with van der Waals surface area (Å²) in [6, 6.07) is 7.44. The summed E-state index contributed by atoms with van der Waals surface area (Å²) in [6.45, 7) is 5.83. The van der Waals surface area contributed by atoms with Gasteiger partial charge in [0.05, 0.1) is 0 Å². The number of hydrogen-bond acceptors (Lipinski definition) is 2. The number of nitrogens with two attached hydrogens (primary N) is 1. The molecule has 0 bridgehead atoms. The molecule has 1 amide bonds. The number of carbonyl (C=O) groups excluding carboxylic acids is 1. The van der Waals surface area contributed by atoms with Gasteiger partial charge in [-0.1, -0.05) is 36.7 Å². The van der Waals surface area contributed by atoms with E-state index in [1.54, 1.807) is 13.0 Å². The van der Waals surface area contributed by atoms with Crippen LogP contribution in [0, 0.1) is 0 Å². The molecule has 0 heterocycles. The van der Waals surface area contributed by atoms with Crippen LogP contribution in [0.5, 0.6) is 0 Å². The number of halogens is 1. The molecule has 2 atom stereocenters. The number of carbonyl (C=O) groups is 1. The molecule has 1 aromatic rings. The van der Waals surface area contributed by atoms with Crippen LogP contribution in [0.1, 0.15) is 32.8 Å². The van der Waals surface area contributed by atoms with Crippen LogP contribution in [0.3, 0.4) is 0 Å². The Balaban J connectivity index is 3.17. The fourth-order valence-electron chi connectivity index (χ4n) is 1.74. The van der Waals surface area contributed by atoms with E-state index in [0.29, 0.717) is 5.02 Å². The third-order valence-corrected chi connectivity index (χ3v) is 3.38. The fourth-order valence-corrected chi connectivity index (χ4v) is 2.07. The van der Waals surface area contributed by atoms with Crippen molar-refractivity contribution in [3.05, 3.63) is 34.9 Å². The number of amides is 1. The Morgan fingerprint density at radius 1 is 1.53 bits per heavy atom. The Bertz CT molecular complexity index is 408. The summed E-state index contributed by atoms with van der Waals surface area (Å²) >= 11 is 6.13. The molecular weight excluding hydrogens is 236 g/mol. The Hall–Kier alpha value is -1.06. The molecular formula is C13H19ClN2O. The van der Waals surface area contributed by atoms with Crippen LogP contribution < -0.4 is 11.1 Å². The second kappa shape index (κ2) is 5.52. The summed E-state index contributed by atoms with van der Waals surface area (Å²) in [5.74, 6) is -0.425. The van der Waals surface area contributed by atoms with Crippen LogP contribution in [0.15, 0.2) is 24.3 Å². The minimum absolute atomic E-state index is 0.184. The first kappa shape index (κ1) is 14.0. The van der Waals surface area contributed by atoms with Gasteiger partial charge in [-0.25, -0.2) is 0 Å². The highest BCUT2D eigenvalue weighted by Gasteiger charge is 2.35. The largest absolute Gasteiger partial charge is 0.368 e. The molecule has 0 aromatic heterocycles. The van der Waals surface area contributed by atoms with Crippen molar-refractivity contribution in [2.45, 2.75) is 38.8 Å². The highest BCUT2D eigenvalue weighted by Crippen LogP contribution is 2.28. The molecule has 0 aliphatic carbocycles. The number of hydrogen-bond donors (Lipinski definition) is 2. The third-order valence-electron chi connectivity index (χ3n) is 3.05. The second-order valence-electron chi connectivity index (χ2n) is 4.42. The predicted molar refractivity (Wildman–Crippen MR) is 70.9 cm³/mol. The van der Waals surface area contributed by atoms with E-state index >= 15 is 0 Å². The summed E-state index contributed by atoms with van der Waals surface area (Å²) in [5, 5.41) is 3.79. The Morgan fingerprint density at radius 3 is 2.59 bits per heavy atom. The molecule has 3 N–H and O–H groups in total. The van der Waals surface area contributed by atoms with E-state index in [2.05, 4.69) is 5.32 Å². The van der Waals surface area contributed by atoms with Gasteiger partial charge >= 0.3 is 0 Å². The number of rotatable bonds is 5. The summed E-state index contributed by atoms with van der Waals surface area (Å²) in [5.41, 5.74) is 5.30. The van der Waals surface area contributed by atoms with E-state index < -0.39 is 11.4 Å². The van der Waals surface area contributed by atoms with Gasteiger partial charge in [0.2, 0.25) is 5.91 Å². The van der Waals surface area contributed by atoms with Gasteiger partial charge in [0.15, 0.2) is 0 Å². The van der Waals surface area contributed by atoms with E-state index in [0.717, 1.165) is 12.0 Å². The molecule has 1 rings (SSSR count). The molecule has 2 unspecified atom stereocenters. The highest BCUT2D eigenvalue weighted by molar-refractivity contribution is 6.31. The molecule has 4 heteroatoms. The van der Waals surface area contributed by atoms with Gasteiger partial charge in [0, 0.05) is 11.1 Å². The molecule has 0 fully saturated rings. The van der Waals surface area contributed by atoms with E-state index in [9.17, 15) is 4.79 Å². The van der Waals surface area contributed by atoms with Gasteiger partial charge < -0.3 is 5.73 Å². The number of nitrogens with one attached hydrogen (secondary N) is 1. The molecule has 0 saturated carbocycles. The van der Waals surface area contributed by atoms with Crippen molar-refractivity contribution in [1.29, 1.82) is 0 Å². The van der Waals surface area contributed by atoms with Crippen molar-refractivity contribution in [2.24, 2.45) is 5.73 Å². The SMILES string of the molecule is CCC(C)NC(C)(C(N)=O)c1ccccc1Cl. The second-order valence-corrected chi connectivity index (χ2v) is 4.83. The standard InChI is InChI=1S/C13H19ClN2O/c1-4-9(2)16-13(3,12(15)17)10-7-5-6-8-11(10)14/h5-9,16H,4H2,1-3H3,(H2,15,17). The van der Waals surface area contributed by atoms with Crippen LogP contribution in [0.25, 0.3) is 0 Å². The van der Waals surface area contributed by atoms with Gasteiger partial charge in [-0.15, -0.1) is 0 Å². The Kier molecular flexibility index (Phi) is 4.54. The number of primary amides is 1. The lowest BCUT2D eigenvalue weighted by Gasteiger charge is -2.32. The van der Waals surface area contributed by atoms with Crippen molar-refractivity contribution >= 4 is 17.5 Å². The maximum atomic E-state index is 11.7. The molecule has 3 nitrogen and oxygen atoms in total. The van der Waals surface area contributed by atoms with E-state index in [-0.39, 0.29) is 6.04 Å². The van der Waals surface area contributed by atoms with Crippen molar-refractivity contribution in [2.75, 3.05) is 0 Å². The van der Waals surface area contributed by atoms with E-state index in [4.69, 9.17) is 17.3 Å². The zero-order valence-corrected chi connectivity index (χ0v) is 11.2. The van der Waals surface area contributed by atoms with Gasteiger partial charge in [-0.05, 0) is 31.9 Å². The van der Waals surface area contributed by atoms with Crippen molar-refractivity contribution < 1.29 is 4.79 Å². The van der Waals surface area contributed by atoms with Crippen molar-refractivity contribution in [3.8, 4) is 0 Å². The Labute approximate surface area is 107 Å². The van der Waals surface area contributed by atoms with E-state index in [1.165, 1.54) is 0 Å². The van der Waals surface area contributed by atoms with Crippen LogP contribution in [-0.2, 0) is 10.3 Å². The maximum Gasteiger partial charge on any atom is 0.242 e. The minimum Gasteiger partial charge on any atom is -0.368 e. The fraction of sp³-hybridized carbons (Fsp3) is 0.462. The zero-order chi connectivity index (χ0) is 13.1. The number of benzene rings is 1. The van der Waals surface area contributed by atoms with Crippen LogP contribution in [0.2, 0.25) is 5.02 Å². The lowest BCUT2D eigenvalue weighted by Crippen LogP contribution is -2.53. The monoisotopic (exact) mass is 254 g/mol. The molecule has 94 valence electrons. The van der Waals surface area contributed by atoms with Crippen molar-refractivity contribution in [1.82, 2.24) is 5.32 Å². The minimum atomic E-state index is -0.937. The van der Waals surface area contributed by atoms with Gasteiger partial charge in [0.25, 0.3) is 0 Å². The summed E-state index contributed by atoms with van der Waals surface area (Å²) in [7, 11) is 0. The van der Waals surface area contributed by atoms with Crippen LogP contribution in [-0.4, -0.2) is 11.9 Å². The quantitative estimate of drug-likeness (QED) is 0.848. The first-order valence-electron chi connectivity index (χ1n) is 5.74. The molecule has 1 aromatic carbocycles. The molecule has 0 aliphatic rings. The lowest BCUT2D eigenvalue weighted by atomic mass is 9.90. The van der Waals surface area contributed by atoms with Crippen LogP contribution in [0.4, 0.5) is 0 Å². The third kappa shape index (κ3) is 2.99. The molecule has 0 radical (unpaired) electrons. The molecule has 17 heavy (non-hydrogen) atoms. The van der Waals surface area contributed by atoms with Gasteiger partial charge in [0.1, 0.15) is 5.54 Å². The predicted octanol–water partition coefficient (Wildman–Crippen LogP) is 2.43.